The van der Waals surface area contributed by atoms with Gasteiger partial charge in [-0.25, -0.2) is 0 Å². The first-order chi connectivity index (χ1) is 7.89. The number of hydrogen-bond donors (Lipinski definition) is 2. The molecule has 17 heavy (non-hydrogen) atoms. The largest absolute Gasteiger partial charge is 0.369 e. The van der Waals surface area contributed by atoms with E-state index in [1.165, 1.54) is 6.08 Å². The van der Waals surface area contributed by atoms with Crippen LogP contribution in [0.1, 0.15) is 5.56 Å². The zero-order chi connectivity index (χ0) is 12.9. The molecule has 92 valence electrons. The van der Waals surface area contributed by atoms with Gasteiger partial charge in [0.05, 0.1) is 0 Å². The number of hydrogen-bond acceptors (Lipinski definition) is 2. The second-order valence-electron chi connectivity index (χ2n) is 3.20. The van der Waals surface area contributed by atoms with Crippen LogP contribution in [0.3, 0.4) is 0 Å². The van der Waals surface area contributed by atoms with Gasteiger partial charge in [0.25, 0.3) is 0 Å². The molecule has 0 radical (unpaired) electrons. The van der Waals surface area contributed by atoms with Crippen LogP contribution in [0.15, 0.2) is 36.4 Å². The summed E-state index contributed by atoms with van der Waals surface area (Å²) in [7, 11) is 0. The number of carbonyl (C=O) groups excluding carboxylic acids is 1. The summed E-state index contributed by atoms with van der Waals surface area (Å²) < 4.78 is -1.95. The fraction of sp³-hybridized carbons (Fsp3) is 0.182. The van der Waals surface area contributed by atoms with Crippen molar-refractivity contribution in [1.29, 1.82) is 0 Å². The minimum atomic E-state index is -1.95. The molecule has 0 aliphatic carbocycles. The summed E-state index contributed by atoms with van der Waals surface area (Å²) in [5.41, 5.74) is 0.853. The topological polar surface area (TPSA) is 49.3 Å². The molecule has 0 spiro atoms. The van der Waals surface area contributed by atoms with Gasteiger partial charge in [-0.3, -0.25) is 4.79 Å². The third-order valence-electron chi connectivity index (χ3n) is 1.82. The highest BCUT2D eigenvalue weighted by molar-refractivity contribution is 6.68. The third-order valence-corrected chi connectivity index (χ3v) is 2.44. The normalized spacial score (nSPS) is 13.6. The number of halogens is 3. The van der Waals surface area contributed by atoms with Crippen molar-refractivity contribution in [3.63, 3.8) is 0 Å². The van der Waals surface area contributed by atoms with E-state index in [2.05, 4.69) is 5.32 Å². The van der Waals surface area contributed by atoms with Crippen LogP contribution in [0.5, 0.6) is 0 Å². The highest BCUT2D eigenvalue weighted by atomic mass is 35.6. The molecule has 0 saturated heterocycles. The fourth-order valence-electron chi connectivity index (χ4n) is 1.00. The van der Waals surface area contributed by atoms with E-state index >= 15 is 0 Å². The van der Waals surface area contributed by atoms with Crippen LogP contribution < -0.4 is 5.32 Å². The Hall–Kier alpha value is -0.740. The monoisotopic (exact) mass is 293 g/mol. The summed E-state index contributed by atoms with van der Waals surface area (Å²) in [6, 6.07) is 9.20. The molecule has 6 heteroatoms. The number of aliphatic hydroxyl groups is 1. The van der Waals surface area contributed by atoms with Gasteiger partial charge in [0.15, 0.2) is 6.23 Å². The van der Waals surface area contributed by atoms with E-state index in [4.69, 9.17) is 34.8 Å². The SMILES string of the molecule is O=C(/C=C/c1ccccc1)N[C@@H](O)C(Cl)(Cl)Cl. The lowest BCUT2D eigenvalue weighted by Crippen LogP contribution is -2.42. The van der Waals surface area contributed by atoms with E-state index in [9.17, 15) is 9.90 Å². The highest BCUT2D eigenvalue weighted by Gasteiger charge is 2.31. The minimum absolute atomic E-state index is 0.548. The molecule has 1 amide bonds. The summed E-state index contributed by atoms with van der Waals surface area (Å²) in [5.74, 6) is -0.548. The Morgan fingerprint density at radius 2 is 1.88 bits per heavy atom. The Morgan fingerprint density at radius 3 is 2.41 bits per heavy atom. The van der Waals surface area contributed by atoms with E-state index < -0.39 is 15.9 Å². The first-order valence-electron chi connectivity index (χ1n) is 4.68. The van der Waals surface area contributed by atoms with Crippen LogP contribution in [-0.4, -0.2) is 21.0 Å². The molecule has 1 rings (SSSR count). The molecule has 0 aliphatic heterocycles. The molecule has 0 saturated carbocycles. The predicted molar refractivity (Wildman–Crippen MR) is 69.9 cm³/mol. The van der Waals surface area contributed by atoms with Crippen LogP contribution in [0.25, 0.3) is 6.08 Å². The summed E-state index contributed by atoms with van der Waals surface area (Å²) in [6.45, 7) is 0. The smallest absolute Gasteiger partial charge is 0.246 e. The van der Waals surface area contributed by atoms with E-state index in [-0.39, 0.29) is 0 Å². The number of amides is 1. The van der Waals surface area contributed by atoms with Crippen molar-refractivity contribution >= 4 is 46.8 Å². The van der Waals surface area contributed by atoms with Crippen molar-refractivity contribution in [3.8, 4) is 0 Å². The molecule has 3 nitrogen and oxygen atoms in total. The molecular formula is C11H10Cl3NO2. The molecule has 1 atom stereocenters. The van der Waals surface area contributed by atoms with Gasteiger partial charge in [0, 0.05) is 6.08 Å². The van der Waals surface area contributed by atoms with Crippen molar-refractivity contribution in [3.05, 3.63) is 42.0 Å². The average molecular weight is 295 g/mol. The Morgan fingerprint density at radius 1 is 1.29 bits per heavy atom. The molecule has 0 heterocycles. The lowest BCUT2D eigenvalue weighted by molar-refractivity contribution is -0.119. The summed E-state index contributed by atoms with van der Waals surface area (Å²) in [6.07, 6.45) is 1.27. The van der Waals surface area contributed by atoms with E-state index in [1.807, 2.05) is 30.3 Å². The maximum atomic E-state index is 11.3. The summed E-state index contributed by atoms with van der Waals surface area (Å²) in [5, 5.41) is 11.4. The molecule has 0 unspecified atom stereocenters. The highest BCUT2D eigenvalue weighted by Crippen LogP contribution is 2.28. The van der Waals surface area contributed by atoms with Gasteiger partial charge < -0.3 is 10.4 Å². The number of carbonyl (C=O) groups is 1. The van der Waals surface area contributed by atoms with Crippen LogP contribution in [0, 0.1) is 0 Å². The zero-order valence-electron chi connectivity index (χ0n) is 8.61. The summed E-state index contributed by atoms with van der Waals surface area (Å²) in [4.78, 5) is 11.3. The second kappa shape index (κ2) is 6.26. The molecular weight excluding hydrogens is 284 g/mol. The van der Waals surface area contributed by atoms with Gasteiger partial charge >= 0.3 is 0 Å². The van der Waals surface area contributed by atoms with Crippen LogP contribution in [-0.2, 0) is 4.79 Å². The third kappa shape index (κ3) is 5.41. The second-order valence-corrected chi connectivity index (χ2v) is 5.57. The maximum Gasteiger partial charge on any atom is 0.246 e. The molecule has 0 bridgehead atoms. The number of rotatable bonds is 3. The Balaban J connectivity index is 2.54. The molecule has 2 N–H and O–H groups in total. The summed E-state index contributed by atoms with van der Waals surface area (Å²) >= 11 is 16.2. The van der Waals surface area contributed by atoms with Gasteiger partial charge in [-0.15, -0.1) is 0 Å². The first kappa shape index (κ1) is 14.3. The van der Waals surface area contributed by atoms with Gasteiger partial charge in [-0.2, -0.15) is 0 Å². The van der Waals surface area contributed by atoms with Crippen LogP contribution in [0.4, 0.5) is 0 Å². The Bertz CT molecular complexity index is 401. The van der Waals surface area contributed by atoms with Crippen LogP contribution in [0.2, 0.25) is 0 Å². The molecule has 0 fully saturated rings. The Kier molecular flexibility index (Phi) is 5.28. The van der Waals surface area contributed by atoms with E-state index in [0.717, 1.165) is 5.56 Å². The van der Waals surface area contributed by atoms with Gasteiger partial charge in [-0.1, -0.05) is 65.1 Å². The lowest BCUT2D eigenvalue weighted by Gasteiger charge is -2.18. The molecule has 0 aliphatic rings. The number of nitrogens with one attached hydrogen (secondary N) is 1. The van der Waals surface area contributed by atoms with Gasteiger partial charge in [0.2, 0.25) is 9.70 Å². The van der Waals surface area contributed by atoms with Gasteiger partial charge in [-0.05, 0) is 11.6 Å². The van der Waals surface area contributed by atoms with E-state index in [0.29, 0.717) is 0 Å². The zero-order valence-corrected chi connectivity index (χ0v) is 10.9. The average Bonchev–Trinajstić information content (AvgIpc) is 2.26. The quantitative estimate of drug-likeness (QED) is 0.511. The van der Waals surface area contributed by atoms with E-state index in [1.54, 1.807) is 6.08 Å². The standard InChI is InChI=1S/C11H10Cl3NO2/c12-11(13,14)10(17)15-9(16)7-6-8-4-2-1-3-5-8/h1-7,10,17H,(H,15,16)/b7-6+/t10-/m0/s1. The Labute approximate surface area is 114 Å². The van der Waals surface area contributed by atoms with Gasteiger partial charge in [0.1, 0.15) is 0 Å². The molecule has 0 aromatic heterocycles. The fourth-order valence-corrected chi connectivity index (χ4v) is 1.16. The molecule has 1 aromatic rings. The number of alkyl halides is 3. The number of aliphatic hydroxyl groups excluding tert-OH is 1. The van der Waals surface area contributed by atoms with Crippen molar-refractivity contribution in [2.75, 3.05) is 0 Å². The van der Waals surface area contributed by atoms with Crippen LogP contribution >= 0.6 is 34.8 Å². The first-order valence-corrected chi connectivity index (χ1v) is 5.81. The van der Waals surface area contributed by atoms with Crippen molar-refractivity contribution in [2.24, 2.45) is 0 Å². The lowest BCUT2D eigenvalue weighted by atomic mass is 10.2. The van der Waals surface area contributed by atoms with Crippen molar-refractivity contribution < 1.29 is 9.90 Å². The maximum absolute atomic E-state index is 11.3. The predicted octanol–water partition coefficient (Wildman–Crippen LogP) is 2.50. The minimum Gasteiger partial charge on any atom is -0.369 e. The molecule has 1 aromatic carbocycles. The van der Waals surface area contributed by atoms with Crippen molar-refractivity contribution in [1.82, 2.24) is 5.32 Å². The number of benzene rings is 1. The van der Waals surface area contributed by atoms with Crippen molar-refractivity contribution in [2.45, 2.75) is 10.0 Å².